The Hall–Kier alpha value is -1.07. The van der Waals surface area contributed by atoms with Crippen molar-refractivity contribution in [2.45, 2.75) is 39.3 Å². The number of carbonyl (C=O) groups is 1. The quantitative estimate of drug-likeness (QED) is 0.567. The third-order valence-electron chi connectivity index (χ3n) is 3.06. The molecule has 5 nitrogen and oxygen atoms in total. The Bertz CT molecular complexity index is 311. The van der Waals surface area contributed by atoms with E-state index in [1.807, 2.05) is 13.8 Å². The topological polar surface area (TPSA) is 75.8 Å². The van der Waals surface area contributed by atoms with E-state index in [0.717, 1.165) is 0 Å². The molecular weight excluding hydrogens is 220 g/mol. The Morgan fingerprint density at radius 3 is 2.76 bits per heavy atom. The lowest BCUT2D eigenvalue weighted by Crippen LogP contribution is -2.49. The van der Waals surface area contributed by atoms with E-state index in [4.69, 9.17) is 10.5 Å². The molecule has 3 N–H and O–H groups in total. The lowest BCUT2D eigenvalue weighted by Gasteiger charge is -2.34. The molecule has 0 bridgehead atoms. The standard InChI is InChI=1S/C12H22N2O3/c1-4-10(13)11(9(3)15)12(16)14-5-6-17-7-8(14)2/h8,10,15H,4-7,13H2,1-3H3/b11-9+/t8-,10?/m0/s1. The summed E-state index contributed by atoms with van der Waals surface area (Å²) in [5, 5.41) is 9.62. The number of ether oxygens (including phenoxy) is 1. The number of nitrogens with two attached hydrogens (primary N) is 1. The zero-order chi connectivity index (χ0) is 13.0. The second-order valence-corrected chi connectivity index (χ2v) is 4.44. The summed E-state index contributed by atoms with van der Waals surface area (Å²) < 4.78 is 5.29. The van der Waals surface area contributed by atoms with Crippen LogP contribution in [0.2, 0.25) is 0 Å². The van der Waals surface area contributed by atoms with Crippen molar-refractivity contribution in [3.63, 3.8) is 0 Å². The third kappa shape index (κ3) is 3.20. The molecule has 0 spiro atoms. The van der Waals surface area contributed by atoms with E-state index < -0.39 is 6.04 Å². The zero-order valence-corrected chi connectivity index (χ0v) is 10.8. The minimum Gasteiger partial charge on any atom is -0.512 e. The highest BCUT2D eigenvalue weighted by molar-refractivity contribution is 5.95. The first kappa shape index (κ1) is 14.0. The van der Waals surface area contributed by atoms with Gasteiger partial charge in [-0.3, -0.25) is 4.79 Å². The summed E-state index contributed by atoms with van der Waals surface area (Å²) in [4.78, 5) is 14.0. The highest BCUT2D eigenvalue weighted by atomic mass is 16.5. The fourth-order valence-electron chi connectivity index (χ4n) is 1.97. The number of allylic oxidation sites excluding steroid dienone is 1. The average molecular weight is 242 g/mol. The Morgan fingerprint density at radius 1 is 1.65 bits per heavy atom. The van der Waals surface area contributed by atoms with Gasteiger partial charge in [0.1, 0.15) is 0 Å². The molecule has 1 aliphatic rings. The Balaban J connectivity index is 2.89. The normalized spacial score (nSPS) is 24.2. The van der Waals surface area contributed by atoms with Gasteiger partial charge in [0.15, 0.2) is 0 Å². The maximum atomic E-state index is 12.3. The number of hydrogen-bond donors (Lipinski definition) is 2. The molecule has 0 aromatic heterocycles. The molecule has 1 aliphatic heterocycles. The van der Waals surface area contributed by atoms with Gasteiger partial charge < -0.3 is 20.5 Å². The van der Waals surface area contributed by atoms with Gasteiger partial charge in [-0.2, -0.15) is 0 Å². The van der Waals surface area contributed by atoms with E-state index in [2.05, 4.69) is 0 Å². The number of morpholine rings is 1. The smallest absolute Gasteiger partial charge is 0.255 e. The summed E-state index contributed by atoms with van der Waals surface area (Å²) in [5.41, 5.74) is 6.20. The Morgan fingerprint density at radius 2 is 2.29 bits per heavy atom. The van der Waals surface area contributed by atoms with Crippen LogP contribution in [0.1, 0.15) is 27.2 Å². The van der Waals surface area contributed by atoms with Gasteiger partial charge in [0.2, 0.25) is 0 Å². The third-order valence-corrected chi connectivity index (χ3v) is 3.06. The van der Waals surface area contributed by atoms with Crippen LogP contribution >= 0.6 is 0 Å². The monoisotopic (exact) mass is 242 g/mol. The molecule has 1 fully saturated rings. The summed E-state index contributed by atoms with van der Waals surface area (Å²) in [6.45, 7) is 6.95. The van der Waals surface area contributed by atoms with Gasteiger partial charge in [-0.05, 0) is 20.3 Å². The Kier molecular flexibility index (Phi) is 4.96. The van der Waals surface area contributed by atoms with Crippen molar-refractivity contribution < 1.29 is 14.6 Å². The molecule has 2 atom stereocenters. The zero-order valence-electron chi connectivity index (χ0n) is 10.8. The van der Waals surface area contributed by atoms with Crippen molar-refractivity contribution in [3.8, 4) is 0 Å². The van der Waals surface area contributed by atoms with Crippen LogP contribution in [0.3, 0.4) is 0 Å². The van der Waals surface area contributed by atoms with Gasteiger partial charge in [-0.25, -0.2) is 0 Å². The van der Waals surface area contributed by atoms with E-state index in [1.165, 1.54) is 6.92 Å². The van der Waals surface area contributed by atoms with Gasteiger partial charge in [-0.1, -0.05) is 6.92 Å². The van der Waals surface area contributed by atoms with Crippen molar-refractivity contribution >= 4 is 5.91 Å². The summed E-state index contributed by atoms with van der Waals surface area (Å²) in [7, 11) is 0. The molecule has 0 aromatic rings. The van der Waals surface area contributed by atoms with Crippen LogP contribution in [-0.2, 0) is 9.53 Å². The van der Waals surface area contributed by atoms with Crippen LogP contribution in [0, 0.1) is 0 Å². The molecule has 0 radical (unpaired) electrons. The second kappa shape index (κ2) is 6.02. The number of aliphatic hydroxyl groups excluding tert-OH is 1. The van der Waals surface area contributed by atoms with E-state index in [-0.39, 0.29) is 17.7 Å². The molecule has 17 heavy (non-hydrogen) atoms. The van der Waals surface area contributed by atoms with E-state index >= 15 is 0 Å². The summed E-state index contributed by atoms with van der Waals surface area (Å²) >= 11 is 0. The minimum atomic E-state index is -0.414. The first-order valence-electron chi connectivity index (χ1n) is 6.03. The molecule has 1 saturated heterocycles. The fraction of sp³-hybridized carbons (Fsp3) is 0.750. The largest absolute Gasteiger partial charge is 0.512 e. The van der Waals surface area contributed by atoms with Crippen molar-refractivity contribution in [2.75, 3.05) is 19.8 Å². The molecule has 0 aromatic carbocycles. The van der Waals surface area contributed by atoms with E-state index in [1.54, 1.807) is 4.90 Å². The summed E-state index contributed by atoms with van der Waals surface area (Å²) in [6, 6.07) is -0.391. The van der Waals surface area contributed by atoms with Gasteiger partial charge >= 0.3 is 0 Å². The fourth-order valence-corrected chi connectivity index (χ4v) is 1.97. The number of aliphatic hydroxyl groups is 1. The lowest BCUT2D eigenvalue weighted by atomic mass is 10.0. The Labute approximate surface area is 102 Å². The SMILES string of the molecule is CCC(N)/C(C(=O)N1CCOC[C@@H]1C)=C(/C)O. The lowest BCUT2D eigenvalue weighted by molar-refractivity contribution is -0.135. The number of rotatable bonds is 3. The predicted molar refractivity (Wildman–Crippen MR) is 65.6 cm³/mol. The summed E-state index contributed by atoms with van der Waals surface area (Å²) in [6.07, 6.45) is 0.623. The van der Waals surface area contributed by atoms with Crippen LogP contribution in [0.25, 0.3) is 0 Å². The number of nitrogens with zero attached hydrogens (tertiary/aromatic N) is 1. The summed E-state index contributed by atoms with van der Waals surface area (Å²) in [5.74, 6) is -0.154. The maximum Gasteiger partial charge on any atom is 0.255 e. The van der Waals surface area contributed by atoms with Crippen LogP contribution in [-0.4, -0.2) is 47.8 Å². The molecule has 0 aliphatic carbocycles. The average Bonchev–Trinajstić information content (AvgIpc) is 2.28. The van der Waals surface area contributed by atoms with Crippen LogP contribution in [0.5, 0.6) is 0 Å². The van der Waals surface area contributed by atoms with E-state index in [0.29, 0.717) is 31.8 Å². The minimum absolute atomic E-state index is 0.0167. The second-order valence-electron chi connectivity index (χ2n) is 4.44. The van der Waals surface area contributed by atoms with Crippen LogP contribution < -0.4 is 5.73 Å². The maximum absolute atomic E-state index is 12.3. The highest BCUT2D eigenvalue weighted by Crippen LogP contribution is 2.16. The molecule has 1 amide bonds. The van der Waals surface area contributed by atoms with Crippen molar-refractivity contribution in [1.82, 2.24) is 4.90 Å². The van der Waals surface area contributed by atoms with E-state index in [9.17, 15) is 9.90 Å². The first-order chi connectivity index (χ1) is 7.99. The number of hydrogen-bond acceptors (Lipinski definition) is 4. The number of carbonyl (C=O) groups excluding carboxylic acids is 1. The van der Waals surface area contributed by atoms with Gasteiger partial charge in [0, 0.05) is 12.6 Å². The molecule has 1 heterocycles. The molecular formula is C12H22N2O3. The molecule has 0 saturated carbocycles. The van der Waals surface area contributed by atoms with Gasteiger partial charge in [0.25, 0.3) is 5.91 Å². The van der Waals surface area contributed by atoms with Crippen molar-refractivity contribution in [2.24, 2.45) is 5.73 Å². The molecule has 1 rings (SSSR count). The van der Waals surface area contributed by atoms with Crippen molar-refractivity contribution in [3.05, 3.63) is 11.3 Å². The van der Waals surface area contributed by atoms with Gasteiger partial charge in [-0.15, -0.1) is 0 Å². The molecule has 98 valence electrons. The molecule has 5 heteroatoms. The van der Waals surface area contributed by atoms with Gasteiger partial charge in [0.05, 0.1) is 30.6 Å². The van der Waals surface area contributed by atoms with Crippen molar-refractivity contribution in [1.29, 1.82) is 0 Å². The first-order valence-corrected chi connectivity index (χ1v) is 6.03. The highest BCUT2D eigenvalue weighted by Gasteiger charge is 2.29. The number of amides is 1. The predicted octanol–water partition coefficient (Wildman–Crippen LogP) is 0.803. The molecule has 1 unspecified atom stereocenters. The van der Waals surface area contributed by atoms with Crippen LogP contribution in [0.15, 0.2) is 11.3 Å². The van der Waals surface area contributed by atoms with Crippen LogP contribution in [0.4, 0.5) is 0 Å².